The summed E-state index contributed by atoms with van der Waals surface area (Å²) in [4.78, 5) is 27.2. The van der Waals surface area contributed by atoms with Crippen molar-refractivity contribution in [3.8, 4) is 0 Å². The second-order valence-electron chi connectivity index (χ2n) is 8.14. The largest absolute Gasteiger partial charge is 0.467 e. The Morgan fingerprint density at radius 1 is 1.30 bits per heavy atom. The summed E-state index contributed by atoms with van der Waals surface area (Å²) in [6.07, 6.45) is 5.75. The molecule has 1 unspecified atom stereocenters. The highest BCUT2D eigenvalue weighted by Gasteiger charge is 2.48. The van der Waals surface area contributed by atoms with Gasteiger partial charge in [-0.05, 0) is 55.2 Å². The molecule has 30 heavy (non-hydrogen) atoms. The zero-order valence-electron chi connectivity index (χ0n) is 16.7. The van der Waals surface area contributed by atoms with Crippen LogP contribution in [0.3, 0.4) is 0 Å². The van der Waals surface area contributed by atoms with Gasteiger partial charge < -0.3 is 24.7 Å². The zero-order valence-corrected chi connectivity index (χ0v) is 16.7. The van der Waals surface area contributed by atoms with E-state index in [0.29, 0.717) is 18.2 Å². The van der Waals surface area contributed by atoms with Gasteiger partial charge in [-0.15, -0.1) is 0 Å². The first-order chi connectivity index (χ1) is 14.7. The van der Waals surface area contributed by atoms with Gasteiger partial charge in [-0.25, -0.2) is 4.79 Å². The Labute approximate surface area is 175 Å². The number of carbonyl (C=O) groups excluding carboxylic acids is 2. The van der Waals surface area contributed by atoms with Crippen LogP contribution < -0.4 is 10.6 Å². The predicted molar refractivity (Wildman–Crippen MR) is 111 cm³/mol. The van der Waals surface area contributed by atoms with E-state index < -0.39 is 0 Å². The molecule has 3 atom stereocenters. The van der Waals surface area contributed by atoms with Crippen LogP contribution in [0.4, 0.5) is 10.5 Å². The summed E-state index contributed by atoms with van der Waals surface area (Å²) >= 11 is 0. The maximum atomic E-state index is 12.8. The highest BCUT2D eigenvalue weighted by molar-refractivity contribution is 5.95. The Morgan fingerprint density at radius 2 is 2.17 bits per heavy atom. The van der Waals surface area contributed by atoms with Gasteiger partial charge in [0.25, 0.3) is 5.91 Å². The summed E-state index contributed by atoms with van der Waals surface area (Å²) in [7, 11) is 0. The van der Waals surface area contributed by atoms with Crippen molar-refractivity contribution in [1.29, 1.82) is 0 Å². The minimum Gasteiger partial charge on any atom is -0.467 e. The number of nitrogens with one attached hydrogen (secondary N) is 2. The van der Waals surface area contributed by atoms with Crippen LogP contribution >= 0.6 is 0 Å². The number of hydrogen-bond acceptors (Lipinski definition) is 5. The van der Waals surface area contributed by atoms with E-state index in [1.54, 1.807) is 17.2 Å². The van der Waals surface area contributed by atoms with Crippen LogP contribution in [0.15, 0.2) is 53.7 Å². The number of fused-ring (bicyclic) bond motifs is 3. The second-order valence-corrected chi connectivity index (χ2v) is 8.14. The number of rotatable bonds is 5. The van der Waals surface area contributed by atoms with Gasteiger partial charge in [-0.1, -0.05) is 12.7 Å². The molecule has 2 aromatic rings. The van der Waals surface area contributed by atoms with Gasteiger partial charge in [0, 0.05) is 29.8 Å². The van der Waals surface area contributed by atoms with Gasteiger partial charge >= 0.3 is 6.09 Å². The van der Waals surface area contributed by atoms with Gasteiger partial charge in [0.1, 0.15) is 12.4 Å². The van der Waals surface area contributed by atoms with Crippen molar-refractivity contribution in [2.75, 3.05) is 18.5 Å². The molecule has 5 rings (SSSR count). The average Bonchev–Trinajstić information content (AvgIpc) is 3.23. The molecule has 1 saturated carbocycles. The van der Waals surface area contributed by atoms with Crippen LogP contribution in [0, 0.1) is 5.92 Å². The Hall–Kier alpha value is -3.22. The molecule has 1 aliphatic carbocycles. The SMILES string of the molecule is C=CCOC(=O)N1CC[C@H]2C(c3ccco3)Nc3ccc(C(=O)NC4CC4)cc3[C@H]21. The number of amides is 2. The molecule has 2 fully saturated rings. The van der Waals surface area contributed by atoms with Gasteiger partial charge in [-0.3, -0.25) is 4.79 Å². The first-order valence-corrected chi connectivity index (χ1v) is 10.4. The molecule has 3 aliphatic rings. The topological polar surface area (TPSA) is 83.8 Å². The Kier molecular flexibility index (Phi) is 4.73. The fraction of sp³-hybridized carbons (Fsp3) is 0.391. The lowest BCUT2D eigenvalue weighted by molar-refractivity contribution is 0.0950. The van der Waals surface area contributed by atoms with E-state index >= 15 is 0 Å². The van der Waals surface area contributed by atoms with Crippen LogP contribution in [0.25, 0.3) is 0 Å². The molecule has 7 heteroatoms. The Bertz CT molecular complexity index is 967. The van der Waals surface area contributed by atoms with Gasteiger partial charge in [0.05, 0.1) is 18.3 Å². The van der Waals surface area contributed by atoms with Crippen molar-refractivity contribution < 1.29 is 18.7 Å². The quantitative estimate of drug-likeness (QED) is 0.732. The normalized spacial score (nSPS) is 24.4. The molecule has 0 radical (unpaired) electrons. The predicted octanol–water partition coefficient (Wildman–Crippen LogP) is 4.02. The van der Waals surface area contributed by atoms with Crippen LogP contribution in [-0.2, 0) is 4.74 Å². The molecule has 1 aromatic carbocycles. The molecule has 2 amide bonds. The summed E-state index contributed by atoms with van der Waals surface area (Å²) in [5.41, 5.74) is 2.47. The van der Waals surface area contributed by atoms with Crippen LogP contribution in [0.2, 0.25) is 0 Å². The second kappa shape index (κ2) is 7.55. The molecule has 3 heterocycles. The fourth-order valence-electron chi connectivity index (χ4n) is 4.58. The van der Waals surface area contributed by atoms with Crippen LogP contribution in [-0.4, -0.2) is 36.1 Å². The van der Waals surface area contributed by atoms with Gasteiger partial charge in [0.2, 0.25) is 0 Å². The molecule has 156 valence electrons. The lowest BCUT2D eigenvalue weighted by Crippen LogP contribution is -2.38. The lowest BCUT2D eigenvalue weighted by Gasteiger charge is -2.38. The van der Waals surface area contributed by atoms with Crippen molar-refractivity contribution in [3.63, 3.8) is 0 Å². The Morgan fingerprint density at radius 3 is 2.90 bits per heavy atom. The highest BCUT2D eigenvalue weighted by atomic mass is 16.6. The summed E-state index contributed by atoms with van der Waals surface area (Å²) < 4.78 is 11.0. The van der Waals surface area contributed by atoms with Crippen molar-refractivity contribution >= 4 is 17.7 Å². The molecule has 0 bridgehead atoms. The maximum absolute atomic E-state index is 12.8. The number of carbonyl (C=O) groups is 2. The number of benzene rings is 1. The third-order valence-electron chi connectivity index (χ3n) is 6.14. The molecule has 0 spiro atoms. The molecule has 2 aliphatic heterocycles. The van der Waals surface area contributed by atoms with E-state index in [9.17, 15) is 9.59 Å². The summed E-state index contributed by atoms with van der Waals surface area (Å²) in [5.74, 6) is 0.887. The van der Waals surface area contributed by atoms with Crippen LogP contribution in [0.1, 0.15) is 53.0 Å². The van der Waals surface area contributed by atoms with E-state index in [1.165, 1.54) is 0 Å². The first kappa shape index (κ1) is 18.8. The molecular weight excluding hydrogens is 382 g/mol. The van der Waals surface area contributed by atoms with E-state index in [-0.39, 0.29) is 36.6 Å². The van der Waals surface area contributed by atoms with E-state index in [2.05, 4.69) is 17.2 Å². The Balaban J connectivity index is 1.51. The standard InChI is InChI=1S/C23H25N3O4/c1-2-11-30-23(28)26-10-9-16-20(19-4-3-12-29-19)25-18-8-5-14(13-17(18)21(16)26)22(27)24-15-6-7-15/h2-5,8,12-13,15-16,20-21,25H,1,6-7,9-11H2,(H,24,27)/t16-,20?,21-/m0/s1. The molecule has 1 aromatic heterocycles. The van der Waals surface area contributed by atoms with Gasteiger partial charge in [-0.2, -0.15) is 0 Å². The number of furan rings is 1. The molecule has 2 N–H and O–H groups in total. The van der Waals surface area contributed by atoms with Gasteiger partial charge in [0.15, 0.2) is 0 Å². The smallest absolute Gasteiger partial charge is 0.410 e. The zero-order chi connectivity index (χ0) is 20.7. The molecule has 1 saturated heterocycles. The first-order valence-electron chi connectivity index (χ1n) is 10.4. The third kappa shape index (κ3) is 3.34. The summed E-state index contributed by atoms with van der Waals surface area (Å²) in [5, 5.41) is 6.61. The van der Waals surface area contributed by atoms with Crippen LogP contribution in [0.5, 0.6) is 0 Å². The number of hydrogen-bond donors (Lipinski definition) is 2. The number of nitrogens with zero attached hydrogens (tertiary/aromatic N) is 1. The maximum Gasteiger partial charge on any atom is 0.410 e. The van der Waals surface area contributed by atoms with E-state index in [1.807, 2.05) is 30.3 Å². The lowest BCUT2D eigenvalue weighted by atomic mass is 9.81. The molecule has 7 nitrogen and oxygen atoms in total. The summed E-state index contributed by atoms with van der Waals surface area (Å²) in [6.45, 7) is 4.37. The number of anilines is 1. The number of ether oxygens (including phenoxy) is 1. The van der Waals surface area contributed by atoms with E-state index in [0.717, 1.165) is 36.3 Å². The molecular formula is C23H25N3O4. The van der Waals surface area contributed by atoms with Crippen molar-refractivity contribution in [1.82, 2.24) is 10.2 Å². The third-order valence-corrected chi connectivity index (χ3v) is 6.14. The van der Waals surface area contributed by atoms with Crippen molar-refractivity contribution in [2.45, 2.75) is 37.4 Å². The fourth-order valence-corrected chi connectivity index (χ4v) is 4.58. The van der Waals surface area contributed by atoms with E-state index in [4.69, 9.17) is 9.15 Å². The highest BCUT2D eigenvalue weighted by Crippen LogP contribution is 2.51. The van der Waals surface area contributed by atoms with Crippen molar-refractivity contribution in [2.24, 2.45) is 5.92 Å². The summed E-state index contributed by atoms with van der Waals surface area (Å²) in [6, 6.07) is 9.54. The minimum atomic E-state index is -0.360. The monoisotopic (exact) mass is 407 g/mol. The van der Waals surface area contributed by atoms with Crippen molar-refractivity contribution in [3.05, 3.63) is 66.1 Å². The number of likely N-dealkylation sites (tertiary alicyclic amines) is 1. The average molecular weight is 407 g/mol. The minimum absolute atomic E-state index is 0.0548.